The number of hydrogen-bond acceptors (Lipinski definition) is 4. The maximum atomic E-state index is 11.4. The van der Waals surface area contributed by atoms with E-state index >= 15 is 0 Å². The molecule has 0 unspecified atom stereocenters. The van der Waals surface area contributed by atoms with E-state index in [1.807, 2.05) is 39.0 Å². The van der Waals surface area contributed by atoms with Gasteiger partial charge in [0, 0.05) is 11.0 Å². The van der Waals surface area contributed by atoms with Crippen molar-refractivity contribution in [3.05, 3.63) is 28.2 Å². The van der Waals surface area contributed by atoms with Crippen molar-refractivity contribution in [3.8, 4) is 5.75 Å². The lowest BCUT2D eigenvalue weighted by Crippen LogP contribution is -2.40. The summed E-state index contributed by atoms with van der Waals surface area (Å²) in [6.07, 6.45) is -0.508. The number of hydrazine groups is 1. The smallest absolute Gasteiger partial charge is 0.422 e. The minimum atomic E-state index is -0.512. The molecule has 0 aliphatic heterocycles. The highest BCUT2D eigenvalue weighted by molar-refractivity contribution is 9.10. The molecule has 0 aliphatic carbocycles. The number of benzene rings is 1. The summed E-state index contributed by atoms with van der Waals surface area (Å²) in [5.74, 6) is 0.761. The molecule has 1 aromatic carbocycles. The average molecular weight is 331 g/mol. The summed E-state index contributed by atoms with van der Waals surface area (Å²) in [4.78, 5) is 11.4. The summed E-state index contributed by atoms with van der Waals surface area (Å²) in [6.45, 7) is 5.89. The van der Waals surface area contributed by atoms with Gasteiger partial charge in [-0.3, -0.25) is 5.43 Å². The first-order valence-electron chi connectivity index (χ1n) is 5.86. The van der Waals surface area contributed by atoms with Crippen molar-refractivity contribution in [1.82, 2.24) is 10.9 Å². The lowest BCUT2D eigenvalue weighted by Gasteiger charge is -2.20. The third-order valence-electron chi connectivity index (χ3n) is 2.12. The van der Waals surface area contributed by atoms with Gasteiger partial charge in [0.2, 0.25) is 0 Å². The Balaban J connectivity index is 2.47. The van der Waals surface area contributed by atoms with Crippen LogP contribution in [0.15, 0.2) is 22.7 Å². The molecule has 0 radical (unpaired) electrons. The fraction of sp³-hybridized carbons (Fsp3) is 0.462. The van der Waals surface area contributed by atoms with Crippen LogP contribution in [0.4, 0.5) is 4.79 Å². The summed E-state index contributed by atoms with van der Waals surface area (Å²) >= 11 is 3.44. The number of nitrogens with one attached hydrogen (secondary N) is 2. The highest BCUT2D eigenvalue weighted by Crippen LogP contribution is 2.22. The van der Waals surface area contributed by atoms with Crippen LogP contribution in [0.5, 0.6) is 5.75 Å². The highest BCUT2D eigenvalue weighted by atomic mass is 79.9. The molecule has 1 amide bonds. The average Bonchev–Trinajstić information content (AvgIpc) is 2.29. The van der Waals surface area contributed by atoms with Gasteiger partial charge in [-0.2, -0.15) is 0 Å². The van der Waals surface area contributed by atoms with Gasteiger partial charge in [0.15, 0.2) is 0 Å². The first kappa shape index (κ1) is 15.8. The molecule has 0 atom stereocenters. The van der Waals surface area contributed by atoms with Gasteiger partial charge >= 0.3 is 6.09 Å². The molecule has 0 spiro atoms. The molecule has 0 saturated heterocycles. The second-order valence-electron chi connectivity index (χ2n) is 4.94. The van der Waals surface area contributed by atoms with Crippen LogP contribution in [-0.2, 0) is 11.3 Å². The van der Waals surface area contributed by atoms with Crippen molar-refractivity contribution >= 4 is 22.0 Å². The maximum Gasteiger partial charge on any atom is 0.422 e. The van der Waals surface area contributed by atoms with Crippen LogP contribution < -0.4 is 15.6 Å². The summed E-state index contributed by atoms with van der Waals surface area (Å²) in [6, 6.07) is 5.63. The summed E-state index contributed by atoms with van der Waals surface area (Å²) < 4.78 is 11.2. The van der Waals surface area contributed by atoms with Gasteiger partial charge < -0.3 is 9.47 Å². The van der Waals surface area contributed by atoms with Crippen molar-refractivity contribution < 1.29 is 14.3 Å². The second kappa shape index (κ2) is 6.77. The Hall–Kier alpha value is -1.27. The van der Waals surface area contributed by atoms with E-state index in [0.717, 1.165) is 15.8 Å². The Morgan fingerprint density at radius 2 is 2.05 bits per heavy atom. The van der Waals surface area contributed by atoms with E-state index in [2.05, 4.69) is 26.8 Å². The molecule has 0 fully saturated rings. The van der Waals surface area contributed by atoms with Gasteiger partial charge in [0.25, 0.3) is 0 Å². The monoisotopic (exact) mass is 330 g/mol. The number of ether oxygens (including phenoxy) is 2. The minimum Gasteiger partial charge on any atom is -0.497 e. The molecule has 0 saturated carbocycles. The molecule has 0 heterocycles. The molecular weight excluding hydrogens is 312 g/mol. The quantitative estimate of drug-likeness (QED) is 0.833. The van der Waals surface area contributed by atoms with Crippen LogP contribution in [0.1, 0.15) is 26.3 Å². The molecule has 19 heavy (non-hydrogen) atoms. The van der Waals surface area contributed by atoms with Crippen molar-refractivity contribution in [2.45, 2.75) is 32.9 Å². The Morgan fingerprint density at radius 1 is 1.37 bits per heavy atom. The van der Waals surface area contributed by atoms with E-state index < -0.39 is 11.7 Å². The number of rotatable bonds is 4. The standard InChI is InChI=1S/C13H19BrN2O3/c1-13(2,3)19-12(17)16-15-8-9-7-10(18-4)5-6-11(9)14/h5-7,15H,8H2,1-4H3,(H,16,17). The predicted octanol–water partition coefficient (Wildman–Crippen LogP) is 2.99. The molecule has 0 aromatic heterocycles. The van der Waals surface area contributed by atoms with Crippen LogP contribution >= 0.6 is 15.9 Å². The Kier molecular flexibility index (Phi) is 5.62. The number of carbonyl (C=O) groups is 1. The van der Waals surface area contributed by atoms with Gasteiger partial charge in [-0.1, -0.05) is 15.9 Å². The van der Waals surface area contributed by atoms with Crippen molar-refractivity contribution in [3.63, 3.8) is 0 Å². The number of amides is 1. The van der Waals surface area contributed by atoms with Gasteiger partial charge in [0.1, 0.15) is 11.4 Å². The lowest BCUT2D eigenvalue weighted by molar-refractivity contribution is 0.0497. The maximum absolute atomic E-state index is 11.4. The molecular formula is C13H19BrN2O3. The summed E-state index contributed by atoms with van der Waals surface area (Å²) in [7, 11) is 1.61. The Morgan fingerprint density at radius 3 is 2.63 bits per heavy atom. The molecule has 2 N–H and O–H groups in total. The molecule has 1 aromatic rings. The number of carbonyl (C=O) groups excluding carboxylic acids is 1. The number of halogens is 1. The Bertz CT molecular complexity index is 444. The third kappa shape index (κ3) is 5.94. The lowest BCUT2D eigenvalue weighted by atomic mass is 10.2. The van der Waals surface area contributed by atoms with Crippen LogP contribution in [0, 0.1) is 0 Å². The third-order valence-corrected chi connectivity index (χ3v) is 2.89. The second-order valence-corrected chi connectivity index (χ2v) is 5.79. The van der Waals surface area contributed by atoms with Gasteiger partial charge in [-0.05, 0) is 44.5 Å². The van der Waals surface area contributed by atoms with Crippen LogP contribution in [0.3, 0.4) is 0 Å². The summed E-state index contributed by atoms with van der Waals surface area (Å²) in [5, 5.41) is 0. The SMILES string of the molecule is COc1ccc(Br)c(CNNC(=O)OC(C)(C)C)c1. The van der Waals surface area contributed by atoms with Gasteiger partial charge in [0.05, 0.1) is 7.11 Å². The van der Waals surface area contributed by atoms with E-state index in [9.17, 15) is 4.79 Å². The molecule has 1 rings (SSSR count). The van der Waals surface area contributed by atoms with Gasteiger partial charge in [-0.25, -0.2) is 10.2 Å². The van der Waals surface area contributed by atoms with Crippen LogP contribution in [-0.4, -0.2) is 18.8 Å². The highest BCUT2D eigenvalue weighted by Gasteiger charge is 2.15. The van der Waals surface area contributed by atoms with E-state index in [1.54, 1.807) is 7.11 Å². The fourth-order valence-electron chi connectivity index (χ4n) is 1.33. The van der Waals surface area contributed by atoms with E-state index in [1.165, 1.54) is 0 Å². The fourth-order valence-corrected chi connectivity index (χ4v) is 1.72. The first-order chi connectivity index (χ1) is 8.81. The van der Waals surface area contributed by atoms with Crippen molar-refractivity contribution in [2.75, 3.05) is 7.11 Å². The molecule has 5 nitrogen and oxygen atoms in total. The zero-order valence-electron chi connectivity index (χ0n) is 11.5. The van der Waals surface area contributed by atoms with Crippen molar-refractivity contribution in [2.24, 2.45) is 0 Å². The zero-order chi connectivity index (χ0) is 14.5. The normalized spacial score (nSPS) is 11.0. The van der Waals surface area contributed by atoms with E-state index in [-0.39, 0.29) is 0 Å². The molecule has 0 bridgehead atoms. The number of methoxy groups -OCH3 is 1. The van der Waals surface area contributed by atoms with Crippen LogP contribution in [0.2, 0.25) is 0 Å². The summed E-state index contributed by atoms with van der Waals surface area (Å²) in [5.41, 5.74) is 5.74. The largest absolute Gasteiger partial charge is 0.497 e. The Labute approximate surface area is 121 Å². The predicted molar refractivity (Wildman–Crippen MR) is 76.9 cm³/mol. The van der Waals surface area contributed by atoms with Crippen molar-refractivity contribution in [1.29, 1.82) is 0 Å². The molecule has 0 aliphatic rings. The van der Waals surface area contributed by atoms with Gasteiger partial charge in [-0.15, -0.1) is 0 Å². The number of hydrogen-bond donors (Lipinski definition) is 2. The zero-order valence-corrected chi connectivity index (χ0v) is 13.1. The van der Waals surface area contributed by atoms with E-state index in [0.29, 0.717) is 6.54 Å². The topological polar surface area (TPSA) is 59.6 Å². The molecule has 106 valence electrons. The van der Waals surface area contributed by atoms with Crippen LogP contribution in [0.25, 0.3) is 0 Å². The molecule has 6 heteroatoms. The minimum absolute atomic E-state index is 0.455. The van der Waals surface area contributed by atoms with E-state index in [4.69, 9.17) is 9.47 Å². The first-order valence-corrected chi connectivity index (χ1v) is 6.65.